The van der Waals surface area contributed by atoms with Gasteiger partial charge in [0.2, 0.25) is 5.88 Å². The third-order valence-electron chi connectivity index (χ3n) is 3.00. The van der Waals surface area contributed by atoms with Crippen LogP contribution in [0.1, 0.15) is 20.7 Å². The van der Waals surface area contributed by atoms with Crippen LogP contribution in [0.15, 0.2) is 48.5 Å². The summed E-state index contributed by atoms with van der Waals surface area (Å²) in [7, 11) is 0. The molecule has 0 spiro atoms. The molecule has 0 aliphatic rings. The molecule has 0 radical (unpaired) electrons. The number of ether oxygens (including phenoxy) is 1. The van der Waals surface area contributed by atoms with Gasteiger partial charge in [0.25, 0.3) is 0 Å². The molecule has 3 rings (SSSR count). The summed E-state index contributed by atoms with van der Waals surface area (Å²) in [6, 6.07) is 13.0. The minimum absolute atomic E-state index is 0.0166. The van der Waals surface area contributed by atoms with Gasteiger partial charge in [-0.2, -0.15) is 0 Å². The summed E-state index contributed by atoms with van der Waals surface area (Å²) in [5.74, 6) is -1.82. The van der Waals surface area contributed by atoms with E-state index in [9.17, 15) is 9.59 Å². The fourth-order valence-corrected chi connectivity index (χ4v) is 2.01. The summed E-state index contributed by atoms with van der Waals surface area (Å²) in [5.41, 5.74) is 0.603. The maximum Gasteiger partial charge on any atom is 0.345 e. The third kappa shape index (κ3) is 2.34. The number of aromatic carboxylic acids is 1. The predicted molar refractivity (Wildman–Crippen MR) is 74.5 cm³/mol. The normalized spacial score (nSPS) is 10.5. The number of nitrogens with zero attached hydrogens (tertiary/aromatic N) is 1. The van der Waals surface area contributed by atoms with Gasteiger partial charge in [-0.15, -0.1) is 5.10 Å². The molecule has 0 aliphatic carbocycles. The number of nitrogens with one attached hydrogen (secondary N) is 1. The highest BCUT2D eigenvalue weighted by Crippen LogP contribution is 2.23. The standard InChI is InChI=1S/C15H10N2O4/c18-14(19)9-5-1-2-6-10(9)15(20)21-13-11-7-3-4-8-12(11)16-17-13/h1-8H,(H,16,17)(H,18,19). The molecular formula is C15H10N2O4. The Morgan fingerprint density at radius 1 is 1.00 bits per heavy atom. The van der Waals surface area contributed by atoms with E-state index in [-0.39, 0.29) is 17.0 Å². The number of benzene rings is 2. The molecule has 1 heterocycles. The van der Waals surface area contributed by atoms with Gasteiger partial charge in [-0.25, -0.2) is 9.59 Å². The van der Waals surface area contributed by atoms with E-state index in [0.29, 0.717) is 5.39 Å². The van der Waals surface area contributed by atoms with E-state index in [1.165, 1.54) is 12.1 Å². The molecule has 21 heavy (non-hydrogen) atoms. The Morgan fingerprint density at radius 2 is 1.67 bits per heavy atom. The summed E-state index contributed by atoms with van der Waals surface area (Å²) in [6.45, 7) is 0. The molecule has 104 valence electrons. The van der Waals surface area contributed by atoms with Gasteiger partial charge >= 0.3 is 11.9 Å². The van der Waals surface area contributed by atoms with Crippen LogP contribution in [0, 0.1) is 0 Å². The van der Waals surface area contributed by atoms with Crippen LogP contribution in [0.5, 0.6) is 5.88 Å². The highest BCUT2D eigenvalue weighted by atomic mass is 16.5. The molecule has 0 aliphatic heterocycles. The number of aromatic nitrogens is 2. The van der Waals surface area contributed by atoms with Crippen molar-refractivity contribution in [3.05, 3.63) is 59.7 Å². The van der Waals surface area contributed by atoms with Crippen LogP contribution in [0.25, 0.3) is 10.9 Å². The van der Waals surface area contributed by atoms with Crippen LogP contribution < -0.4 is 4.74 Å². The molecule has 0 unspecified atom stereocenters. The third-order valence-corrected chi connectivity index (χ3v) is 3.00. The molecule has 3 aromatic rings. The van der Waals surface area contributed by atoms with Crippen molar-refractivity contribution < 1.29 is 19.4 Å². The molecule has 0 saturated carbocycles. The Kier molecular flexibility index (Phi) is 3.12. The number of rotatable bonds is 3. The second-order valence-corrected chi connectivity index (χ2v) is 4.31. The number of aromatic amines is 1. The van der Waals surface area contributed by atoms with Gasteiger partial charge in [-0.05, 0) is 24.3 Å². The summed E-state index contributed by atoms with van der Waals surface area (Å²) < 4.78 is 5.20. The van der Waals surface area contributed by atoms with Crippen molar-refractivity contribution >= 4 is 22.8 Å². The predicted octanol–water partition coefficient (Wildman–Crippen LogP) is 2.48. The van der Waals surface area contributed by atoms with Crippen LogP contribution in [-0.2, 0) is 0 Å². The number of carbonyl (C=O) groups excluding carboxylic acids is 1. The van der Waals surface area contributed by atoms with Gasteiger partial charge in [-0.3, -0.25) is 5.10 Å². The zero-order valence-corrected chi connectivity index (χ0v) is 10.7. The average Bonchev–Trinajstić information content (AvgIpc) is 2.90. The maximum absolute atomic E-state index is 12.1. The molecule has 0 fully saturated rings. The molecule has 6 nitrogen and oxygen atoms in total. The van der Waals surface area contributed by atoms with Crippen LogP contribution in [0.2, 0.25) is 0 Å². The van der Waals surface area contributed by atoms with Crippen molar-refractivity contribution in [1.29, 1.82) is 0 Å². The largest absolute Gasteiger partial charge is 0.478 e. The molecule has 0 atom stereocenters. The van der Waals surface area contributed by atoms with Gasteiger partial charge in [0, 0.05) is 0 Å². The Morgan fingerprint density at radius 3 is 2.43 bits per heavy atom. The van der Waals surface area contributed by atoms with Crippen LogP contribution in [0.4, 0.5) is 0 Å². The van der Waals surface area contributed by atoms with Crippen molar-refractivity contribution in [2.24, 2.45) is 0 Å². The molecule has 0 amide bonds. The first-order chi connectivity index (χ1) is 10.2. The van der Waals surface area contributed by atoms with E-state index >= 15 is 0 Å². The second-order valence-electron chi connectivity index (χ2n) is 4.31. The lowest BCUT2D eigenvalue weighted by Gasteiger charge is -2.04. The number of fused-ring (bicyclic) bond motifs is 1. The van der Waals surface area contributed by atoms with Crippen LogP contribution in [-0.4, -0.2) is 27.2 Å². The van der Waals surface area contributed by atoms with E-state index in [0.717, 1.165) is 5.52 Å². The SMILES string of the molecule is O=C(O)c1ccccc1C(=O)Oc1n[nH]c2ccccc12. The summed E-state index contributed by atoms with van der Waals surface area (Å²) in [5, 5.41) is 16.4. The number of hydrogen-bond acceptors (Lipinski definition) is 4. The lowest BCUT2D eigenvalue weighted by Crippen LogP contribution is -2.14. The Labute approximate surface area is 119 Å². The second kappa shape index (κ2) is 5.09. The van der Waals surface area contributed by atoms with E-state index in [1.807, 2.05) is 6.07 Å². The monoisotopic (exact) mass is 282 g/mol. The number of para-hydroxylation sites is 1. The van der Waals surface area contributed by atoms with Gasteiger partial charge in [0.15, 0.2) is 0 Å². The fourth-order valence-electron chi connectivity index (χ4n) is 2.01. The number of carboxylic acid groups (broad SMARTS) is 1. The molecule has 0 saturated heterocycles. The van der Waals surface area contributed by atoms with E-state index in [4.69, 9.17) is 9.84 Å². The molecular weight excluding hydrogens is 272 g/mol. The number of carbonyl (C=O) groups is 2. The van der Waals surface area contributed by atoms with Crippen LogP contribution >= 0.6 is 0 Å². The molecule has 2 aromatic carbocycles. The van der Waals surface area contributed by atoms with Gasteiger partial charge in [0.1, 0.15) is 0 Å². The minimum atomic E-state index is -1.19. The summed E-state index contributed by atoms with van der Waals surface area (Å²) in [6.07, 6.45) is 0. The van der Waals surface area contributed by atoms with Gasteiger partial charge < -0.3 is 9.84 Å². The summed E-state index contributed by atoms with van der Waals surface area (Å²) >= 11 is 0. The zero-order valence-electron chi connectivity index (χ0n) is 10.7. The highest BCUT2D eigenvalue weighted by Gasteiger charge is 2.19. The number of H-pyrrole nitrogens is 1. The number of carboxylic acids is 1. The van der Waals surface area contributed by atoms with Gasteiger partial charge in [0.05, 0.1) is 22.0 Å². The highest BCUT2D eigenvalue weighted by molar-refractivity contribution is 6.03. The van der Waals surface area contributed by atoms with Crippen molar-refractivity contribution in [2.45, 2.75) is 0 Å². The first kappa shape index (κ1) is 12.9. The molecule has 0 bridgehead atoms. The topological polar surface area (TPSA) is 92.3 Å². The van der Waals surface area contributed by atoms with Crippen molar-refractivity contribution in [3.63, 3.8) is 0 Å². The van der Waals surface area contributed by atoms with Crippen molar-refractivity contribution in [3.8, 4) is 5.88 Å². The lowest BCUT2D eigenvalue weighted by molar-refractivity contribution is 0.0666. The minimum Gasteiger partial charge on any atom is -0.478 e. The van der Waals surface area contributed by atoms with Crippen LogP contribution in [0.3, 0.4) is 0 Å². The number of esters is 1. The fraction of sp³-hybridized carbons (Fsp3) is 0. The lowest BCUT2D eigenvalue weighted by atomic mass is 10.1. The van der Waals surface area contributed by atoms with E-state index in [1.54, 1.807) is 30.3 Å². The Hall–Kier alpha value is -3.15. The van der Waals surface area contributed by atoms with Crippen molar-refractivity contribution in [1.82, 2.24) is 10.2 Å². The van der Waals surface area contributed by atoms with Gasteiger partial charge in [-0.1, -0.05) is 24.3 Å². The smallest absolute Gasteiger partial charge is 0.345 e. The molecule has 6 heteroatoms. The van der Waals surface area contributed by atoms with E-state index < -0.39 is 11.9 Å². The first-order valence-corrected chi connectivity index (χ1v) is 6.14. The Bertz CT molecular complexity index is 838. The van der Waals surface area contributed by atoms with Crippen molar-refractivity contribution in [2.75, 3.05) is 0 Å². The average molecular weight is 282 g/mol. The molecule has 1 aromatic heterocycles. The summed E-state index contributed by atoms with van der Waals surface area (Å²) in [4.78, 5) is 23.3. The quantitative estimate of drug-likeness (QED) is 0.720. The maximum atomic E-state index is 12.1. The first-order valence-electron chi connectivity index (χ1n) is 6.14. The molecule has 2 N–H and O–H groups in total. The number of hydrogen-bond donors (Lipinski definition) is 2. The zero-order chi connectivity index (χ0) is 14.8. The Balaban J connectivity index is 1.95. The van der Waals surface area contributed by atoms with E-state index in [2.05, 4.69) is 10.2 Å².